The first-order valence-corrected chi connectivity index (χ1v) is 7.39. The van der Waals surface area contributed by atoms with E-state index >= 15 is 0 Å². The van der Waals surface area contributed by atoms with Crippen LogP contribution in [-0.2, 0) is 11.2 Å². The van der Waals surface area contributed by atoms with Gasteiger partial charge in [0.05, 0.1) is 10.7 Å². The van der Waals surface area contributed by atoms with E-state index in [-0.39, 0.29) is 28.3 Å². The lowest BCUT2D eigenvalue weighted by Gasteiger charge is -2.15. The van der Waals surface area contributed by atoms with Crippen LogP contribution in [0.15, 0.2) is 42.7 Å². The molecule has 0 radical (unpaired) electrons. The Morgan fingerprint density at radius 1 is 1.21 bits per heavy atom. The molecule has 0 fully saturated rings. The highest BCUT2D eigenvalue weighted by atomic mass is 35.5. The lowest BCUT2D eigenvalue weighted by atomic mass is 9.95. The number of aromatic nitrogens is 3. The number of benzene rings is 1. The summed E-state index contributed by atoms with van der Waals surface area (Å²) >= 11 is 6.06. The Morgan fingerprint density at radius 3 is 2.54 bits per heavy atom. The normalized spacial score (nSPS) is 12.2. The molecule has 1 unspecified atom stereocenters. The molecular formula is C16H12ClN3O4. The zero-order valence-corrected chi connectivity index (χ0v) is 13.0. The van der Waals surface area contributed by atoms with Crippen LogP contribution in [0.3, 0.4) is 0 Å². The van der Waals surface area contributed by atoms with Crippen molar-refractivity contribution in [2.24, 2.45) is 0 Å². The van der Waals surface area contributed by atoms with Gasteiger partial charge in [-0.1, -0.05) is 41.9 Å². The van der Waals surface area contributed by atoms with E-state index in [0.717, 1.165) is 5.56 Å². The number of rotatable bonds is 5. The van der Waals surface area contributed by atoms with Gasteiger partial charge in [-0.2, -0.15) is 5.10 Å². The van der Waals surface area contributed by atoms with Gasteiger partial charge in [0.25, 0.3) is 0 Å². The van der Waals surface area contributed by atoms with Gasteiger partial charge in [-0.05, 0) is 18.1 Å². The summed E-state index contributed by atoms with van der Waals surface area (Å²) in [5.41, 5.74) is 0.913. The standard InChI is InChI=1S/C16H12ClN3O4/c17-11-7-12(20-14(18-8-19-20)13(11)16(23)24)10(15(21)22)6-9-4-2-1-3-5-9/h1-5,7-8,10H,6H2,(H,21,22)(H,23,24). The molecule has 0 aliphatic carbocycles. The summed E-state index contributed by atoms with van der Waals surface area (Å²) in [6.45, 7) is 0. The molecule has 0 aliphatic rings. The number of nitrogens with zero attached hydrogens (tertiary/aromatic N) is 3. The summed E-state index contributed by atoms with van der Waals surface area (Å²) in [6.07, 6.45) is 1.39. The fraction of sp³-hybridized carbons (Fsp3) is 0.125. The van der Waals surface area contributed by atoms with Crippen LogP contribution >= 0.6 is 11.6 Å². The lowest BCUT2D eigenvalue weighted by molar-refractivity contribution is -0.138. The van der Waals surface area contributed by atoms with Crippen molar-refractivity contribution in [2.45, 2.75) is 12.3 Å². The van der Waals surface area contributed by atoms with Crippen molar-refractivity contribution < 1.29 is 19.8 Å². The summed E-state index contributed by atoms with van der Waals surface area (Å²) < 4.78 is 1.22. The summed E-state index contributed by atoms with van der Waals surface area (Å²) in [5.74, 6) is -3.26. The Hall–Kier alpha value is -2.93. The van der Waals surface area contributed by atoms with E-state index in [1.54, 1.807) is 0 Å². The van der Waals surface area contributed by atoms with Crippen LogP contribution in [0.2, 0.25) is 5.02 Å². The number of carbonyl (C=O) groups is 2. The zero-order valence-electron chi connectivity index (χ0n) is 12.3. The summed E-state index contributed by atoms with van der Waals surface area (Å²) in [5, 5.41) is 22.8. The SMILES string of the molecule is O=C(O)c1c(Cl)cc(C(Cc2ccccc2)C(=O)O)n2ncnc12. The van der Waals surface area contributed by atoms with Crippen molar-refractivity contribution in [1.82, 2.24) is 14.6 Å². The molecule has 2 heterocycles. The van der Waals surface area contributed by atoms with Crippen molar-refractivity contribution >= 4 is 29.2 Å². The van der Waals surface area contributed by atoms with Crippen molar-refractivity contribution in [3.8, 4) is 0 Å². The predicted octanol–water partition coefficient (Wildman–Crippen LogP) is 2.49. The maximum atomic E-state index is 11.8. The first-order valence-electron chi connectivity index (χ1n) is 7.01. The average molecular weight is 346 g/mol. The van der Waals surface area contributed by atoms with Gasteiger partial charge in [-0.3, -0.25) is 4.79 Å². The Labute approximate surface area is 141 Å². The second-order valence-electron chi connectivity index (χ2n) is 5.17. The van der Waals surface area contributed by atoms with Crippen LogP contribution in [0.25, 0.3) is 5.65 Å². The maximum Gasteiger partial charge on any atom is 0.341 e. The highest BCUT2D eigenvalue weighted by molar-refractivity contribution is 6.34. The number of hydrogen-bond acceptors (Lipinski definition) is 4. The number of halogens is 1. The number of aliphatic carboxylic acids is 1. The summed E-state index contributed by atoms with van der Waals surface area (Å²) in [6, 6.07) is 10.4. The highest BCUT2D eigenvalue weighted by Gasteiger charge is 2.27. The fourth-order valence-electron chi connectivity index (χ4n) is 2.59. The molecule has 7 nitrogen and oxygen atoms in total. The second kappa shape index (κ2) is 6.29. The van der Waals surface area contributed by atoms with E-state index < -0.39 is 17.9 Å². The van der Waals surface area contributed by atoms with Gasteiger partial charge < -0.3 is 10.2 Å². The largest absolute Gasteiger partial charge is 0.481 e. The van der Waals surface area contributed by atoms with Gasteiger partial charge in [0.1, 0.15) is 17.8 Å². The fourth-order valence-corrected chi connectivity index (χ4v) is 2.86. The van der Waals surface area contributed by atoms with Gasteiger partial charge in [-0.15, -0.1) is 0 Å². The first kappa shape index (κ1) is 15.9. The second-order valence-corrected chi connectivity index (χ2v) is 5.58. The third kappa shape index (κ3) is 2.81. The van der Waals surface area contributed by atoms with E-state index in [4.69, 9.17) is 11.6 Å². The molecule has 8 heteroatoms. The number of carboxylic acids is 2. The zero-order chi connectivity index (χ0) is 17.3. The molecule has 3 aromatic rings. The van der Waals surface area contributed by atoms with Crippen LogP contribution < -0.4 is 0 Å². The summed E-state index contributed by atoms with van der Waals surface area (Å²) in [7, 11) is 0. The van der Waals surface area contributed by atoms with Gasteiger partial charge in [0.15, 0.2) is 5.65 Å². The monoisotopic (exact) mass is 345 g/mol. The third-order valence-corrected chi connectivity index (χ3v) is 3.98. The highest BCUT2D eigenvalue weighted by Crippen LogP contribution is 2.28. The van der Waals surface area contributed by atoms with Crippen LogP contribution in [0.5, 0.6) is 0 Å². The maximum absolute atomic E-state index is 11.8. The van der Waals surface area contributed by atoms with E-state index in [9.17, 15) is 19.8 Å². The van der Waals surface area contributed by atoms with Crippen LogP contribution in [0.4, 0.5) is 0 Å². The first-order chi connectivity index (χ1) is 11.5. The van der Waals surface area contributed by atoms with Crippen LogP contribution in [0, 0.1) is 0 Å². The van der Waals surface area contributed by atoms with E-state index in [0.29, 0.717) is 0 Å². The Morgan fingerprint density at radius 2 is 1.92 bits per heavy atom. The van der Waals surface area contributed by atoms with Gasteiger partial charge in [0, 0.05) is 0 Å². The Kier molecular flexibility index (Phi) is 4.18. The Bertz CT molecular complexity index is 924. The molecule has 1 aromatic carbocycles. The smallest absolute Gasteiger partial charge is 0.341 e. The minimum Gasteiger partial charge on any atom is -0.481 e. The minimum absolute atomic E-state index is 0.0179. The molecular weight excluding hydrogens is 334 g/mol. The van der Waals surface area contributed by atoms with Gasteiger partial charge >= 0.3 is 11.9 Å². The quantitative estimate of drug-likeness (QED) is 0.736. The molecule has 0 saturated carbocycles. The summed E-state index contributed by atoms with van der Waals surface area (Å²) in [4.78, 5) is 27.0. The van der Waals surface area contributed by atoms with E-state index in [1.807, 2.05) is 30.3 Å². The number of pyridine rings is 1. The third-order valence-electron chi connectivity index (χ3n) is 3.68. The number of aromatic carboxylic acids is 1. The predicted molar refractivity (Wildman–Crippen MR) is 85.5 cm³/mol. The number of hydrogen-bond donors (Lipinski definition) is 2. The molecule has 2 N–H and O–H groups in total. The Balaban J connectivity index is 2.15. The molecule has 0 spiro atoms. The molecule has 0 saturated heterocycles. The molecule has 24 heavy (non-hydrogen) atoms. The topological polar surface area (TPSA) is 105 Å². The molecule has 0 bridgehead atoms. The molecule has 122 valence electrons. The average Bonchev–Trinajstić information content (AvgIpc) is 3.01. The van der Waals surface area contributed by atoms with Gasteiger partial charge in [0.2, 0.25) is 0 Å². The molecule has 0 aliphatic heterocycles. The molecule has 0 amide bonds. The van der Waals surface area contributed by atoms with Gasteiger partial charge in [-0.25, -0.2) is 14.3 Å². The van der Waals surface area contributed by atoms with E-state index in [2.05, 4.69) is 10.1 Å². The van der Waals surface area contributed by atoms with Crippen LogP contribution in [0.1, 0.15) is 27.5 Å². The van der Waals surface area contributed by atoms with Crippen molar-refractivity contribution in [3.05, 3.63) is 64.6 Å². The molecule has 3 rings (SSSR count). The van der Waals surface area contributed by atoms with E-state index in [1.165, 1.54) is 16.9 Å². The van der Waals surface area contributed by atoms with Crippen molar-refractivity contribution in [3.63, 3.8) is 0 Å². The minimum atomic E-state index is -1.25. The number of fused-ring (bicyclic) bond motifs is 1. The van der Waals surface area contributed by atoms with Crippen molar-refractivity contribution in [2.75, 3.05) is 0 Å². The van der Waals surface area contributed by atoms with Crippen LogP contribution in [-0.4, -0.2) is 36.7 Å². The molecule has 2 aromatic heterocycles. The van der Waals surface area contributed by atoms with Crippen molar-refractivity contribution in [1.29, 1.82) is 0 Å². The lowest BCUT2D eigenvalue weighted by Crippen LogP contribution is -2.19. The molecule has 1 atom stereocenters. The number of carboxylic acid groups (broad SMARTS) is 2.